The maximum Gasteiger partial charge on any atom is 0.307 e. The van der Waals surface area contributed by atoms with Crippen LogP contribution in [0, 0.1) is 12.7 Å². The fourth-order valence-corrected chi connectivity index (χ4v) is 3.95. The Hall–Kier alpha value is -2.51. The van der Waals surface area contributed by atoms with E-state index in [0.717, 1.165) is 11.1 Å². The molecule has 0 atom stereocenters. The van der Waals surface area contributed by atoms with Gasteiger partial charge in [0.2, 0.25) is 0 Å². The summed E-state index contributed by atoms with van der Waals surface area (Å²) in [5.74, 6) is -0.988. The van der Waals surface area contributed by atoms with Crippen LogP contribution in [0.5, 0.6) is 0 Å². The van der Waals surface area contributed by atoms with Crippen molar-refractivity contribution >= 4 is 46.3 Å². The SMILES string of the molecule is Cc1cccc(COC(=O)CCN2C(=O)C(=Cc3ccc(F)cc3)SC2=S)c1. The van der Waals surface area contributed by atoms with E-state index < -0.39 is 5.97 Å². The van der Waals surface area contributed by atoms with Gasteiger partial charge in [0.25, 0.3) is 5.91 Å². The molecule has 7 heteroatoms. The molecule has 0 aliphatic carbocycles. The van der Waals surface area contributed by atoms with Gasteiger partial charge in [-0.25, -0.2) is 4.39 Å². The predicted octanol–water partition coefficient (Wildman–Crippen LogP) is 4.47. The Bertz CT molecular complexity index is 941. The molecule has 4 nitrogen and oxygen atoms in total. The van der Waals surface area contributed by atoms with E-state index in [9.17, 15) is 14.0 Å². The molecule has 0 unspecified atom stereocenters. The lowest BCUT2D eigenvalue weighted by Crippen LogP contribution is -2.30. The molecule has 1 saturated heterocycles. The van der Waals surface area contributed by atoms with Gasteiger partial charge < -0.3 is 4.74 Å². The van der Waals surface area contributed by atoms with E-state index in [0.29, 0.717) is 14.8 Å². The van der Waals surface area contributed by atoms with Crippen LogP contribution in [0.25, 0.3) is 6.08 Å². The Labute approximate surface area is 172 Å². The zero-order chi connectivity index (χ0) is 20.1. The molecule has 3 rings (SSSR count). The molecule has 0 bridgehead atoms. The molecule has 28 heavy (non-hydrogen) atoms. The number of esters is 1. The number of amides is 1. The molecule has 1 aliphatic heterocycles. The van der Waals surface area contributed by atoms with Gasteiger partial charge in [-0.3, -0.25) is 14.5 Å². The molecular weight excluding hydrogens is 397 g/mol. The van der Waals surface area contributed by atoms with Gasteiger partial charge in [-0.15, -0.1) is 0 Å². The molecular formula is C21H18FNO3S2. The molecule has 2 aromatic carbocycles. The van der Waals surface area contributed by atoms with Crippen LogP contribution in [-0.2, 0) is 20.9 Å². The topological polar surface area (TPSA) is 46.6 Å². The Kier molecular flexibility index (Phi) is 6.59. The van der Waals surface area contributed by atoms with Gasteiger partial charge in [0.15, 0.2) is 0 Å². The highest BCUT2D eigenvalue weighted by Crippen LogP contribution is 2.32. The van der Waals surface area contributed by atoms with Crippen LogP contribution in [0.1, 0.15) is 23.1 Å². The maximum absolute atomic E-state index is 13.0. The van der Waals surface area contributed by atoms with Crippen molar-refractivity contribution in [3.63, 3.8) is 0 Å². The van der Waals surface area contributed by atoms with Crippen molar-refractivity contribution in [3.05, 3.63) is 75.9 Å². The minimum atomic E-state index is -0.391. The number of thioether (sulfide) groups is 1. The normalized spacial score (nSPS) is 15.4. The van der Waals surface area contributed by atoms with E-state index >= 15 is 0 Å². The lowest BCUT2D eigenvalue weighted by Gasteiger charge is -2.13. The highest BCUT2D eigenvalue weighted by molar-refractivity contribution is 8.26. The Morgan fingerprint density at radius 1 is 1.25 bits per heavy atom. The minimum Gasteiger partial charge on any atom is -0.461 e. The second-order valence-corrected chi connectivity index (χ2v) is 7.96. The van der Waals surface area contributed by atoms with Gasteiger partial charge in [-0.05, 0) is 36.3 Å². The first-order valence-electron chi connectivity index (χ1n) is 8.64. The van der Waals surface area contributed by atoms with E-state index in [1.807, 2.05) is 31.2 Å². The van der Waals surface area contributed by atoms with Gasteiger partial charge in [0.05, 0.1) is 11.3 Å². The summed E-state index contributed by atoms with van der Waals surface area (Å²) in [4.78, 5) is 26.4. The highest BCUT2D eigenvalue weighted by Gasteiger charge is 2.32. The summed E-state index contributed by atoms with van der Waals surface area (Å²) in [5.41, 5.74) is 2.72. The number of carbonyl (C=O) groups is 2. The third kappa shape index (κ3) is 5.27. The van der Waals surface area contributed by atoms with E-state index in [1.54, 1.807) is 18.2 Å². The molecule has 0 aromatic heterocycles. The summed E-state index contributed by atoms with van der Waals surface area (Å²) in [6.45, 7) is 2.33. The Morgan fingerprint density at radius 2 is 2.00 bits per heavy atom. The first-order chi connectivity index (χ1) is 13.4. The van der Waals surface area contributed by atoms with E-state index in [-0.39, 0.29) is 31.3 Å². The van der Waals surface area contributed by atoms with Crippen LogP contribution >= 0.6 is 24.0 Å². The largest absolute Gasteiger partial charge is 0.461 e. The Balaban J connectivity index is 1.54. The van der Waals surface area contributed by atoms with Gasteiger partial charge in [0, 0.05) is 6.54 Å². The quantitative estimate of drug-likeness (QED) is 0.396. The van der Waals surface area contributed by atoms with Gasteiger partial charge in [-0.2, -0.15) is 0 Å². The number of ether oxygens (including phenoxy) is 1. The van der Waals surface area contributed by atoms with Crippen LogP contribution < -0.4 is 0 Å². The monoisotopic (exact) mass is 415 g/mol. The number of hydrogen-bond acceptors (Lipinski definition) is 5. The molecule has 1 heterocycles. The first kappa shape index (κ1) is 20.2. The lowest BCUT2D eigenvalue weighted by molar-refractivity contribution is -0.145. The number of hydrogen-bond donors (Lipinski definition) is 0. The van der Waals surface area contributed by atoms with Crippen LogP contribution in [-0.4, -0.2) is 27.6 Å². The summed E-state index contributed by atoms with van der Waals surface area (Å²) in [5, 5.41) is 0. The zero-order valence-corrected chi connectivity index (χ0v) is 16.8. The maximum atomic E-state index is 13.0. The molecule has 1 aliphatic rings. The number of rotatable bonds is 6. The molecule has 1 amide bonds. The van der Waals surface area contributed by atoms with Crippen LogP contribution in [0.2, 0.25) is 0 Å². The van der Waals surface area contributed by atoms with Crippen molar-refractivity contribution in [2.75, 3.05) is 6.54 Å². The summed E-state index contributed by atoms with van der Waals surface area (Å²) >= 11 is 6.42. The van der Waals surface area contributed by atoms with Crippen molar-refractivity contribution in [3.8, 4) is 0 Å². The number of thiocarbonyl (C=S) groups is 1. The van der Waals surface area contributed by atoms with E-state index in [4.69, 9.17) is 17.0 Å². The van der Waals surface area contributed by atoms with Crippen molar-refractivity contribution in [1.82, 2.24) is 4.90 Å². The van der Waals surface area contributed by atoms with Crippen molar-refractivity contribution < 1.29 is 18.7 Å². The molecule has 0 radical (unpaired) electrons. The van der Waals surface area contributed by atoms with E-state index in [2.05, 4.69) is 0 Å². The fraction of sp³-hybridized carbons (Fsp3) is 0.190. The average Bonchev–Trinajstić information content (AvgIpc) is 2.93. The molecule has 0 N–H and O–H groups in total. The third-order valence-corrected chi connectivity index (χ3v) is 5.44. The highest BCUT2D eigenvalue weighted by atomic mass is 32.2. The summed E-state index contributed by atoms with van der Waals surface area (Å²) in [6.07, 6.45) is 1.72. The van der Waals surface area contributed by atoms with E-state index in [1.165, 1.54) is 28.8 Å². The average molecular weight is 416 g/mol. The van der Waals surface area contributed by atoms with Gasteiger partial charge in [0.1, 0.15) is 16.7 Å². The second kappa shape index (κ2) is 9.12. The third-order valence-electron chi connectivity index (χ3n) is 4.06. The number of carbonyl (C=O) groups excluding carboxylic acids is 2. The Morgan fingerprint density at radius 3 is 2.71 bits per heavy atom. The predicted molar refractivity (Wildman–Crippen MR) is 112 cm³/mol. The molecule has 0 saturated carbocycles. The number of nitrogens with zero attached hydrogens (tertiary/aromatic N) is 1. The zero-order valence-electron chi connectivity index (χ0n) is 15.2. The second-order valence-electron chi connectivity index (χ2n) is 6.28. The lowest BCUT2D eigenvalue weighted by atomic mass is 10.1. The van der Waals surface area contributed by atoms with Crippen molar-refractivity contribution in [2.24, 2.45) is 0 Å². The van der Waals surface area contributed by atoms with Crippen LogP contribution in [0.3, 0.4) is 0 Å². The molecule has 1 fully saturated rings. The number of benzene rings is 2. The van der Waals surface area contributed by atoms with Gasteiger partial charge in [-0.1, -0.05) is 65.9 Å². The summed E-state index contributed by atoms with van der Waals surface area (Å²) < 4.78 is 18.7. The van der Waals surface area contributed by atoms with Crippen molar-refractivity contribution in [1.29, 1.82) is 0 Å². The first-order valence-corrected chi connectivity index (χ1v) is 9.87. The fourth-order valence-electron chi connectivity index (χ4n) is 2.64. The summed E-state index contributed by atoms with van der Waals surface area (Å²) in [7, 11) is 0. The van der Waals surface area contributed by atoms with Crippen molar-refractivity contribution in [2.45, 2.75) is 20.0 Å². The van der Waals surface area contributed by atoms with Crippen LogP contribution in [0.15, 0.2) is 53.4 Å². The smallest absolute Gasteiger partial charge is 0.307 e. The molecule has 144 valence electrons. The van der Waals surface area contributed by atoms with Crippen LogP contribution in [0.4, 0.5) is 4.39 Å². The molecule has 2 aromatic rings. The number of halogens is 1. The number of aryl methyl sites for hydroxylation is 1. The molecule has 0 spiro atoms. The summed E-state index contributed by atoms with van der Waals surface area (Å²) in [6, 6.07) is 13.6. The van der Waals surface area contributed by atoms with Gasteiger partial charge >= 0.3 is 5.97 Å². The minimum absolute atomic E-state index is 0.0576. The standard InChI is InChI=1S/C21H18FNO3S2/c1-14-3-2-4-16(11-14)13-26-19(24)9-10-23-20(25)18(28-21(23)27)12-15-5-7-17(22)8-6-15/h2-8,11-12H,9-10,13H2,1H3.